The van der Waals surface area contributed by atoms with Crippen LogP contribution in [0.15, 0.2) is 43.0 Å². The average Bonchev–Trinajstić information content (AvgIpc) is 3.46. The predicted octanol–water partition coefficient (Wildman–Crippen LogP) is 10.1. The van der Waals surface area contributed by atoms with Crippen molar-refractivity contribution < 1.29 is 4.79 Å². The van der Waals surface area contributed by atoms with Gasteiger partial charge >= 0.3 is 0 Å². The zero-order valence-corrected chi connectivity index (χ0v) is 30.3. The molecular weight excluding hydrogens is 548 g/mol. The maximum atomic E-state index is 13.9. The fraction of sp³-hybridized carbons (Fsp3) is 0.738. The standard InChI is InChI=1S/C39H60N2O.C3H6/c1-8-41(9-2)26-25-40-35(42)39-21-10-11-32(39)29-16-17-34-37(6,31(29)19-24-39)23-20-33-36(4,5)30(18-22-38(33,34)7)28-14-12-27(3)13-15-28;1-3-2/h12-15,18,29,31-34H,8-11,16-17,19-26H2,1-7H3,(H,40,42);3H,1H2,2H3. The first-order chi connectivity index (χ1) is 21.4. The van der Waals surface area contributed by atoms with Crippen molar-refractivity contribution in [3.63, 3.8) is 0 Å². The van der Waals surface area contributed by atoms with E-state index in [-0.39, 0.29) is 10.8 Å². The molecule has 0 aliphatic heterocycles. The molecule has 1 aromatic rings. The molecule has 0 radical (unpaired) electrons. The molecule has 45 heavy (non-hydrogen) atoms. The molecule has 5 aliphatic carbocycles. The molecule has 6 rings (SSSR count). The van der Waals surface area contributed by atoms with Gasteiger partial charge in [0.1, 0.15) is 0 Å². The number of hydrogen-bond donors (Lipinski definition) is 1. The monoisotopic (exact) mass is 615 g/mol. The Balaban J connectivity index is 0.00000128. The van der Waals surface area contributed by atoms with E-state index in [1.54, 1.807) is 11.6 Å². The number of amides is 1. The first-order valence-electron chi connectivity index (χ1n) is 18.8. The third-order valence-electron chi connectivity index (χ3n) is 14.5. The number of nitrogens with one attached hydrogen (secondary N) is 1. The number of allylic oxidation sites excluding steroid dienone is 3. The van der Waals surface area contributed by atoms with Gasteiger partial charge in [-0.3, -0.25) is 4.79 Å². The van der Waals surface area contributed by atoms with Crippen LogP contribution in [0, 0.1) is 58.2 Å². The molecule has 0 bridgehead atoms. The highest BCUT2D eigenvalue weighted by atomic mass is 16.2. The number of rotatable bonds is 7. The molecule has 3 nitrogen and oxygen atoms in total. The Bertz CT molecular complexity index is 1230. The van der Waals surface area contributed by atoms with Gasteiger partial charge in [0.15, 0.2) is 0 Å². The molecule has 250 valence electrons. The van der Waals surface area contributed by atoms with E-state index in [2.05, 4.69) is 95.6 Å². The second-order valence-electron chi connectivity index (χ2n) is 16.8. The molecule has 1 aromatic carbocycles. The van der Waals surface area contributed by atoms with Crippen LogP contribution in [0.4, 0.5) is 0 Å². The van der Waals surface area contributed by atoms with Crippen molar-refractivity contribution in [1.82, 2.24) is 10.2 Å². The van der Waals surface area contributed by atoms with Crippen LogP contribution in [0.3, 0.4) is 0 Å². The highest BCUT2D eigenvalue weighted by Gasteiger charge is 2.66. The smallest absolute Gasteiger partial charge is 0.226 e. The Morgan fingerprint density at radius 3 is 2.27 bits per heavy atom. The van der Waals surface area contributed by atoms with Crippen LogP contribution in [0.1, 0.15) is 124 Å². The zero-order valence-electron chi connectivity index (χ0n) is 30.3. The number of carbonyl (C=O) groups is 1. The third kappa shape index (κ3) is 5.80. The molecule has 4 fully saturated rings. The second-order valence-corrected chi connectivity index (χ2v) is 16.8. The molecule has 8 atom stereocenters. The molecule has 0 heterocycles. The lowest BCUT2D eigenvalue weighted by Crippen LogP contribution is -2.62. The van der Waals surface area contributed by atoms with E-state index < -0.39 is 0 Å². The number of likely N-dealkylation sites (N-methyl/N-ethyl adjacent to an activating group) is 1. The van der Waals surface area contributed by atoms with E-state index in [4.69, 9.17) is 0 Å². The Labute approximate surface area is 277 Å². The Hall–Kier alpha value is -1.87. The molecule has 5 aliphatic rings. The second kappa shape index (κ2) is 13.3. The van der Waals surface area contributed by atoms with Gasteiger partial charge < -0.3 is 10.2 Å². The average molecular weight is 615 g/mol. The first kappa shape index (κ1) is 34.5. The van der Waals surface area contributed by atoms with Crippen LogP contribution in [0.25, 0.3) is 5.57 Å². The van der Waals surface area contributed by atoms with Crippen molar-refractivity contribution >= 4 is 11.5 Å². The van der Waals surface area contributed by atoms with Crippen LogP contribution in [0.5, 0.6) is 0 Å². The molecule has 0 saturated heterocycles. The van der Waals surface area contributed by atoms with E-state index in [9.17, 15) is 4.79 Å². The summed E-state index contributed by atoms with van der Waals surface area (Å²) in [4.78, 5) is 16.4. The molecular formula is C42H66N2O. The van der Waals surface area contributed by atoms with E-state index in [0.29, 0.717) is 22.7 Å². The molecule has 3 heteroatoms. The Morgan fingerprint density at radius 2 is 1.60 bits per heavy atom. The minimum Gasteiger partial charge on any atom is -0.354 e. The summed E-state index contributed by atoms with van der Waals surface area (Å²) in [5, 5.41) is 3.46. The summed E-state index contributed by atoms with van der Waals surface area (Å²) >= 11 is 0. The molecule has 8 unspecified atom stereocenters. The van der Waals surface area contributed by atoms with Crippen molar-refractivity contribution in [3.8, 4) is 0 Å². The summed E-state index contributed by atoms with van der Waals surface area (Å²) in [5.41, 5.74) is 5.24. The summed E-state index contributed by atoms with van der Waals surface area (Å²) in [6, 6.07) is 9.30. The number of aryl methyl sites for hydroxylation is 1. The number of hydrogen-bond acceptors (Lipinski definition) is 2. The number of benzene rings is 1. The van der Waals surface area contributed by atoms with Crippen molar-refractivity contribution in [2.45, 2.75) is 120 Å². The van der Waals surface area contributed by atoms with Gasteiger partial charge in [-0.1, -0.05) is 89.9 Å². The summed E-state index contributed by atoms with van der Waals surface area (Å²) in [5.74, 6) is 4.06. The minimum absolute atomic E-state index is 0.0900. The molecule has 1 N–H and O–H groups in total. The quantitative estimate of drug-likeness (QED) is 0.310. The van der Waals surface area contributed by atoms with Crippen LogP contribution in [-0.2, 0) is 4.79 Å². The summed E-state index contributed by atoms with van der Waals surface area (Å²) in [7, 11) is 0. The van der Waals surface area contributed by atoms with Crippen LogP contribution >= 0.6 is 0 Å². The van der Waals surface area contributed by atoms with Gasteiger partial charge in [0, 0.05) is 13.1 Å². The minimum atomic E-state index is -0.0900. The van der Waals surface area contributed by atoms with Crippen LogP contribution < -0.4 is 5.32 Å². The van der Waals surface area contributed by atoms with Crippen molar-refractivity contribution in [2.24, 2.45) is 51.2 Å². The highest BCUT2D eigenvalue weighted by molar-refractivity contribution is 5.83. The van der Waals surface area contributed by atoms with E-state index in [1.807, 2.05) is 6.92 Å². The first-order valence-corrected chi connectivity index (χ1v) is 18.8. The zero-order chi connectivity index (χ0) is 32.6. The van der Waals surface area contributed by atoms with Gasteiger partial charge in [-0.15, -0.1) is 6.58 Å². The van der Waals surface area contributed by atoms with E-state index in [0.717, 1.165) is 62.7 Å². The van der Waals surface area contributed by atoms with Crippen molar-refractivity contribution in [2.75, 3.05) is 26.2 Å². The van der Waals surface area contributed by atoms with Gasteiger partial charge in [-0.05, 0) is 142 Å². The number of carbonyl (C=O) groups excluding carboxylic acids is 1. The molecule has 4 saturated carbocycles. The van der Waals surface area contributed by atoms with E-state index >= 15 is 0 Å². The Kier molecular flexibility index (Phi) is 10.2. The lowest BCUT2D eigenvalue weighted by molar-refractivity contribution is -0.181. The normalized spacial score (nSPS) is 38.0. The lowest BCUT2D eigenvalue weighted by atomic mass is 9.36. The topological polar surface area (TPSA) is 32.3 Å². The molecule has 0 aromatic heterocycles. The number of nitrogens with zero attached hydrogens (tertiary/aromatic N) is 1. The predicted molar refractivity (Wildman–Crippen MR) is 192 cm³/mol. The highest BCUT2D eigenvalue weighted by Crippen LogP contribution is 2.73. The summed E-state index contributed by atoms with van der Waals surface area (Å²) in [6.07, 6.45) is 17.1. The maximum absolute atomic E-state index is 13.9. The summed E-state index contributed by atoms with van der Waals surface area (Å²) < 4.78 is 0. The fourth-order valence-electron chi connectivity index (χ4n) is 12.5. The SMILES string of the molecule is C=CC.CCN(CC)CCNC(=O)C12CCCC1C1CCC3C(C)(CCC4C(C)(C)C(c5ccc(C)cc5)=CCC43C)C1CC2. The largest absolute Gasteiger partial charge is 0.354 e. The number of fused-ring (bicyclic) bond motifs is 7. The lowest BCUT2D eigenvalue weighted by Gasteiger charge is -2.68. The van der Waals surface area contributed by atoms with Gasteiger partial charge in [0.25, 0.3) is 0 Å². The van der Waals surface area contributed by atoms with Gasteiger partial charge in [-0.2, -0.15) is 0 Å². The molecule has 0 spiro atoms. The Morgan fingerprint density at radius 1 is 0.911 bits per heavy atom. The van der Waals surface area contributed by atoms with Gasteiger partial charge in [0.2, 0.25) is 5.91 Å². The van der Waals surface area contributed by atoms with Crippen molar-refractivity contribution in [1.29, 1.82) is 0 Å². The van der Waals surface area contributed by atoms with Gasteiger partial charge in [0.05, 0.1) is 5.41 Å². The third-order valence-corrected chi connectivity index (χ3v) is 14.5. The van der Waals surface area contributed by atoms with Crippen LogP contribution in [-0.4, -0.2) is 37.0 Å². The van der Waals surface area contributed by atoms with Crippen molar-refractivity contribution in [3.05, 3.63) is 54.1 Å². The fourth-order valence-corrected chi connectivity index (χ4v) is 12.5. The van der Waals surface area contributed by atoms with Crippen LogP contribution in [0.2, 0.25) is 0 Å². The summed E-state index contributed by atoms with van der Waals surface area (Å²) in [6.45, 7) is 26.3. The van der Waals surface area contributed by atoms with Gasteiger partial charge in [-0.25, -0.2) is 0 Å². The molecule has 1 amide bonds. The van der Waals surface area contributed by atoms with E-state index in [1.165, 1.54) is 62.5 Å². The maximum Gasteiger partial charge on any atom is 0.226 e.